The van der Waals surface area contributed by atoms with Crippen molar-refractivity contribution in [2.24, 2.45) is 5.73 Å². The van der Waals surface area contributed by atoms with Crippen LogP contribution in [-0.4, -0.2) is 49.4 Å². The molecule has 1 aromatic heterocycles. The summed E-state index contributed by atoms with van der Waals surface area (Å²) in [5.41, 5.74) is 8.87. The molecule has 1 aliphatic carbocycles. The molecule has 11 nitrogen and oxygen atoms in total. The quantitative estimate of drug-likeness (QED) is 0.338. The van der Waals surface area contributed by atoms with Crippen LogP contribution in [0.3, 0.4) is 0 Å². The Labute approximate surface area is 220 Å². The molecule has 38 heavy (non-hydrogen) atoms. The monoisotopic (exact) mass is 517 g/mol. The number of hydrogen-bond donors (Lipinski definition) is 3. The third-order valence-electron chi connectivity index (χ3n) is 7.38. The fraction of sp³-hybridized carbons (Fsp3) is 0.370. The Balaban J connectivity index is 1.42. The Morgan fingerprint density at radius 1 is 1.08 bits per heavy atom. The van der Waals surface area contributed by atoms with Crippen LogP contribution in [-0.2, 0) is 24.3 Å². The highest BCUT2D eigenvalue weighted by molar-refractivity contribution is 5.94. The molecule has 2 heterocycles. The third-order valence-corrected chi connectivity index (χ3v) is 7.38. The standard InChI is InChI=1S/C27H31N7O4/c28-20-11-5-6-12-21(20)31-26(35)24-14-22-25(16-33(24)27(36)30-19-9-2-1-3-10-19)32(17-29-22)15-18-8-4-7-13-23(18)34(37)38/h1-4,7-10,13,17,20-21,24H,5-6,11-12,14-16,28H2,(H,30,36)(H,31,35). The van der Waals surface area contributed by atoms with Crippen LogP contribution in [0.4, 0.5) is 16.2 Å². The summed E-state index contributed by atoms with van der Waals surface area (Å²) < 4.78 is 1.81. The molecule has 4 N–H and O–H groups in total. The van der Waals surface area contributed by atoms with Gasteiger partial charge in [-0.15, -0.1) is 0 Å². The van der Waals surface area contributed by atoms with E-state index in [9.17, 15) is 19.7 Å². The number of fused-ring (bicyclic) bond motifs is 1. The van der Waals surface area contributed by atoms with Crippen molar-refractivity contribution < 1.29 is 14.5 Å². The number of carbonyl (C=O) groups excluding carboxylic acids is 2. The smallest absolute Gasteiger partial charge is 0.322 e. The zero-order valence-corrected chi connectivity index (χ0v) is 21.0. The SMILES string of the molecule is NC1CCCCC1NC(=O)C1Cc2ncn(Cc3ccccc3[N+](=O)[O-])c2CN1C(=O)Nc1ccccc1. The van der Waals surface area contributed by atoms with E-state index in [0.717, 1.165) is 31.4 Å². The highest BCUT2D eigenvalue weighted by Gasteiger charge is 2.38. The Bertz CT molecular complexity index is 1330. The van der Waals surface area contributed by atoms with Gasteiger partial charge in [-0.2, -0.15) is 0 Å². The van der Waals surface area contributed by atoms with Crippen LogP contribution in [0.25, 0.3) is 0 Å². The molecule has 0 spiro atoms. The highest BCUT2D eigenvalue weighted by atomic mass is 16.6. The summed E-state index contributed by atoms with van der Waals surface area (Å²) in [6.45, 7) is 0.352. The number of urea groups is 1. The van der Waals surface area contributed by atoms with Crippen LogP contribution in [0.2, 0.25) is 0 Å². The number of para-hydroxylation sites is 2. The normalized spacial score (nSPS) is 20.9. The molecule has 11 heteroatoms. The number of nitro groups is 1. The maximum absolute atomic E-state index is 13.5. The van der Waals surface area contributed by atoms with Gasteiger partial charge in [-0.1, -0.05) is 49.2 Å². The Kier molecular flexibility index (Phi) is 7.36. The minimum absolute atomic E-state index is 0.0190. The largest absolute Gasteiger partial charge is 0.350 e. The molecule has 3 amide bonds. The second-order valence-electron chi connectivity index (χ2n) is 9.86. The van der Waals surface area contributed by atoms with E-state index in [2.05, 4.69) is 15.6 Å². The molecule has 2 aliphatic rings. The zero-order valence-electron chi connectivity index (χ0n) is 21.0. The van der Waals surface area contributed by atoms with E-state index in [0.29, 0.717) is 16.9 Å². The van der Waals surface area contributed by atoms with E-state index >= 15 is 0 Å². The van der Waals surface area contributed by atoms with Crippen LogP contribution in [0.5, 0.6) is 0 Å². The van der Waals surface area contributed by atoms with Crippen LogP contribution in [0.1, 0.15) is 42.6 Å². The minimum atomic E-state index is -0.769. The van der Waals surface area contributed by atoms with Gasteiger partial charge in [0, 0.05) is 35.8 Å². The van der Waals surface area contributed by atoms with Crippen molar-refractivity contribution >= 4 is 23.3 Å². The van der Waals surface area contributed by atoms with Crippen molar-refractivity contribution in [1.29, 1.82) is 0 Å². The lowest BCUT2D eigenvalue weighted by Crippen LogP contribution is -2.58. The third kappa shape index (κ3) is 5.37. The van der Waals surface area contributed by atoms with Gasteiger partial charge in [0.05, 0.1) is 35.7 Å². The first kappa shape index (κ1) is 25.4. The Hall–Kier alpha value is -4.25. The summed E-state index contributed by atoms with van der Waals surface area (Å²) >= 11 is 0. The number of aromatic nitrogens is 2. The molecule has 1 saturated carbocycles. The molecule has 1 fully saturated rings. The van der Waals surface area contributed by atoms with Gasteiger partial charge in [0.1, 0.15) is 6.04 Å². The first-order valence-corrected chi connectivity index (χ1v) is 12.8. The number of benzene rings is 2. The molecule has 3 unspecified atom stereocenters. The molecule has 5 rings (SSSR count). The van der Waals surface area contributed by atoms with Gasteiger partial charge in [0.15, 0.2) is 0 Å². The number of carbonyl (C=O) groups is 2. The van der Waals surface area contributed by atoms with E-state index in [1.54, 1.807) is 36.7 Å². The van der Waals surface area contributed by atoms with Gasteiger partial charge < -0.3 is 25.8 Å². The second kappa shape index (κ2) is 11.0. The number of imidazole rings is 1. The van der Waals surface area contributed by atoms with Crippen molar-refractivity contribution in [3.8, 4) is 0 Å². The molecule has 1 aliphatic heterocycles. The Morgan fingerprint density at radius 2 is 1.82 bits per heavy atom. The second-order valence-corrected chi connectivity index (χ2v) is 9.86. The molecule has 0 saturated heterocycles. The zero-order chi connectivity index (χ0) is 26.6. The van der Waals surface area contributed by atoms with Crippen molar-refractivity contribution in [2.45, 2.75) is 63.3 Å². The Morgan fingerprint density at radius 3 is 2.58 bits per heavy atom. The van der Waals surface area contributed by atoms with Crippen molar-refractivity contribution in [2.75, 3.05) is 5.32 Å². The number of nitrogens with two attached hydrogens (primary N) is 1. The van der Waals surface area contributed by atoms with Gasteiger partial charge in [-0.3, -0.25) is 14.9 Å². The van der Waals surface area contributed by atoms with Crippen LogP contribution in [0.15, 0.2) is 60.9 Å². The fourth-order valence-electron chi connectivity index (χ4n) is 5.29. The lowest BCUT2D eigenvalue weighted by molar-refractivity contribution is -0.385. The van der Waals surface area contributed by atoms with E-state index in [1.165, 1.54) is 11.0 Å². The molecule has 2 aromatic carbocycles. The van der Waals surface area contributed by atoms with Gasteiger partial charge in [-0.05, 0) is 25.0 Å². The van der Waals surface area contributed by atoms with Gasteiger partial charge in [-0.25, -0.2) is 9.78 Å². The van der Waals surface area contributed by atoms with E-state index in [1.807, 2.05) is 22.8 Å². The molecular formula is C27H31N7O4. The summed E-state index contributed by atoms with van der Waals surface area (Å²) in [5, 5.41) is 17.5. The van der Waals surface area contributed by atoms with Gasteiger partial charge in [0.25, 0.3) is 5.69 Å². The van der Waals surface area contributed by atoms with Crippen molar-refractivity contribution in [3.63, 3.8) is 0 Å². The number of nitrogens with one attached hydrogen (secondary N) is 2. The summed E-state index contributed by atoms with van der Waals surface area (Å²) in [7, 11) is 0. The van der Waals surface area contributed by atoms with Crippen LogP contribution >= 0.6 is 0 Å². The molecule has 0 radical (unpaired) electrons. The number of nitrogens with zero attached hydrogens (tertiary/aromatic N) is 4. The predicted molar refractivity (Wildman–Crippen MR) is 141 cm³/mol. The average molecular weight is 518 g/mol. The summed E-state index contributed by atoms with van der Waals surface area (Å²) in [5.74, 6) is -0.255. The molecule has 198 valence electrons. The van der Waals surface area contributed by atoms with E-state index in [4.69, 9.17) is 5.73 Å². The number of hydrogen-bond acceptors (Lipinski definition) is 6. The first-order chi connectivity index (χ1) is 18.4. The van der Waals surface area contributed by atoms with Crippen molar-refractivity contribution in [1.82, 2.24) is 19.8 Å². The van der Waals surface area contributed by atoms with Gasteiger partial charge >= 0.3 is 6.03 Å². The molecule has 0 bridgehead atoms. The molecule has 3 aromatic rings. The highest BCUT2D eigenvalue weighted by Crippen LogP contribution is 2.27. The summed E-state index contributed by atoms with van der Waals surface area (Å²) in [4.78, 5) is 44.1. The maximum atomic E-state index is 13.5. The fourth-order valence-corrected chi connectivity index (χ4v) is 5.29. The maximum Gasteiger partial charge on any atom is 0.322 e. The van der Waals surface area contributed by atoms with Crippen LogP contribution in [0, 0.1) is 10.1 Å². The van der Waals surface area contributed by atoms with Gasteiger partial charge in [0.2, 0.25) is 5.91 Å². The topological polar surface area (TPSA) is 148 Å². The lowest BCUT2D eigenvalue weighted by atomic mass is 9.90. The predicted octanol–water partition coefficient (Wildman–Crippen LogP) is 3.18. The molecular weight excluding hydrogens is 486 g/mol. The van der Waals surface area contributed by atoms with Crippen molar-refractivity contribution in [3.05, 3.63) is 88.0 Å². The number of anilines is 1. The lowest BCUT2D eigenvalue weighted by Gasteiger charge is -2.37. The van der Waals surface area contributed by atoms with Crippen LogP contribution < -0.4 is 16.4 Å². The number of rotatable bonds is 6. The summed E-state index contributed by atoms with van der Waals surface area (Å²) in [6, 6.07) is 14.2. The number of nitro benzene ring substituents is 1. The van der Waals surface area contributed by atoms with E-state index < -0.39 is 17.0 Å². The average Bonchev–Trinajstić information content (AvgIpc) is 3.31. The van der Waals surface area contributed by atoms with E-state index in [-0.39, 0.29) is 43.2 Å². The first-order valence-electron chi connectivity index (χ1n) is 12.8. The molecule has 3 atom stereocenters. The minimum Gasteiger partial charge on any atom is -0.350 e. The number of amides is 3. The summed E-state index contributed by atoms with van der Waals surface area (Å²) in [6.07, 6.45) is 5.56.